The summed E-state index contributed by atoms with van der Waals surface area (Å²) in [6.45, 7) is 6.39. The third-order valence-electron chi connectivity index (χ3n) is 12.4. The van der Waals surface area contributed by atoms with Crippen molar-refractivity contribution >= 4 is 38.4 Å². The van der Waals surface area contributed by atoms with Crippen molar-refractivity contribution in [3.63, 3.8) is 0 Å². The van der Waals surface area contributed by atoms with Gasteiger partial charge in [-0.2, -0.15) is 15.1 Å². The van der Waals surface area contributed by atoms with E-state index in [0.29, 0.717) is 60.5 Å². The SMILES string of the molecule is C#Cc1c(F)ccc2cc(O)cc(-c3c(F)c4nc(OC[C@@]5(C)CN(C)CC[C@H]5C(F)F)nc(N5CC6CCC(C5)N6CC5COC5)c4c4cn(C)nc34)c12. The van der Waals surface area contributed by atoms with E-state index in [1.165, 1.54) is 24.3 Å². The number of phenolic OH excluding ortho intramolecular Hbond substituents is 1. The molecule has 55 heavy (non-hydrogen) atoms. The first-order valence-corrected chi connectivity index (χ1v) is 18.9. The van der Waals surface area contributed by atoms with Gasteiger partial charge in [-0.15, -0.1) is 6.42 Å². The van der Waals surface area contributed by atoms with E-state index in [2.05, 4.69) is 15.7 Å². The standard InChI is InChI=1S/C41H43F4N7O3/c1-5-27-31(42)9-6-23-12-26(53)13-28(32(23)27)33-35(43)37-34(29-17-50(4)48-36(29)33)39(51-15-24-7-8-25(16-51)52(24)14-22-18-54-19-22)47-40(46-37)55-21-41(2)20-49(3)11-10-30(41)38(44)45/h1,6,9,12-13,17,22,24-25,30,38,53H,7-8,10-11,14-16,18-21H2,2-4H3/t24?,25?,30-,41+/m0/s1. The Morgan fingerprint density at radius 2 is 1.82 bits per heavy atom. The molecule has 1 N–H and O–H groups in total. The molecule has 2 aromatic heterocycles. The number of nitrogens with zero attached hydrogens (tertiary/aromatic N) is 7. The van der Waals surface area contributed by atoms with Crippen LogP contribution in [0.25, 0.3) is 43.7 Å². The number of aryl methyl sites for hydroxylation is 1. The summed E-state index contributed by atoms with van der Waals surface area (Å²) < 4.78 is 75.1. The number of benzene rings is 3. The van der Waals surface area contributed by atoms with Crippen LogP contribution >= 0.6 is 0 Å². The average Bonchev–Trinajstić information content (AvgIpc) is 3.61. The third-order valence-corrected chi connectivity index (χ3v) is 12.4. The summed E-state index contributed by atoms with van der Waals surface area (Å²) in [6, 6.07) is 5.88. The quantitative estimate of drug-likeness (QED) is 0.147. The summed E-state index contributed by atoms with van der Waals surface area (Å²) in [4.78, 5) is 16.4. The van der Waals surface area contributed by atoms with Crippen LogP contribution in [0.3, 0.4) is 0 Å². The summed E-state index contributed by atoms with van der Waals surface area (Å²) in [5.74, 6) is 0.870. The number of halogens is 4. The first kappa shape index (κ1) is 36.0. The van der Waals surface area contributed by atoms with Gasteiger partial charge in [0.1, 0.15) is 28.4 Å². The van der Waals surface area contributed by atoms with Crippen LogP contribution in [-0.2, 0) is 11.8 Å². The number of hydrogen-bond acceptors (Lipinski definition) is 9. The fourth-order valence-corrected chi connectivity index (χ4v) is 9.70. The Morgan fingerprint density at radius 1 is 1.05 bits per heavy atom. The van der Waals surface area contributed by atoms with Gasteiger partial charge < -0.3 is 24.4 Å². The van der Waals surface area contributed by atoms with Crippen molar-refractivity contribution in [3.8, 4) is 35.2 Å². The lowest BCUT2D eigenvalue weighted by molar-refractivity contribution is -0.0679. The van der Waals surface area contributed by atoms with Gasteiger partial charge in [0.25, 0.3) is 0 Å². The van der Waals surface area contributed by atoms with E-state index < -0.39 is 29.4 Å². The van der Waals surface area contributed by atoms with Crippen molar-refractivity contribution in [2.75, 3.05) is 64.5 Å². The third kappa shape index (κ3) is 6.02. The van der Waals surface area contributed by atoms with Crippen LogP contribution < -0.4 is 9.64 Å². The first-order valence-electron chi connectivity index (χ1n) is 18.9. The molecule has 9 rings (SSSR count). The zero-order valence-electron chi connectivity index (χ0n) is 31.0. The molecule has 10 nitrogen and oxygen atoms in total. The first-order chi connectivity index (χ1) is 26.4. The maximum atomic E-state index is 17.8. The number of fused-ring (bicyclic) bond motifs is 6. The summed E-state index contributed by atoms with van der Waals surface area (Å²) in [5.41, 5.74) is -0.685. The number of rotatable bonds is 8. The Hall–Kier alpha value is -4.71. The van der Waals surface area contributed by atoms with Crippen LogP contribution in [0.15, 0.2) is 30.5 Å². The Balaban J connectivity index is 1.24. The van der Waals surface area contributed by atoms with Gasteiger partial charge in [-0.1, -0.05) is 18.9 Å². The highest BCUT2D eigenvalue weighted by atomic mass is 19.3. The molecule has 4 saturated heterocycles. The molecule has 6 heterocycles. The van der Waals surface area contributed by atoms with Crippen LogP contribution in [0, 0.1) is 41.2 Å². The highest BCUT2D eigenvalue weighted by molar-refractivity contribution is 6.18. The molecule has 288 valence electrons. The van der Waals surface area contributed by atoms with Crippen LogP contribution in [0.4, 0.5) is 23.4 Å². The summed E-state index contributed by atoms with van der Waals surface area (Å²) in [5, 5.41) is 17.2. The Bertz CT molecular complexity index is 2360. The van der Waals surface area contributed by atoms with Gasteiger partial charge >= 0.3 is 6.01 Å². The molecule has 4 aliphatic heterocycles. The second-order valence-electron chi connectivity index (χ2n) is 16.3. The highest BCUT2D eigenvalue weighted by Crippen LogP contribution is 2.46. The monoisotopic (exact) mass is 757 g/mol. The molecule has 0 amide bonds. The lowest BCUT2D eigenvalue weighted by Crippen LogP contribution is -2.56. The molecule has 4 fully saturated rings. The van der Waals surface area contributed by atoms with Crippen molar-refractivity contribution in [1.29, 1.82) is 0 Å². The molecule has 5 aromatic rings. The number of piperazine rings is 1. The number of aromatic hydroxyl groups is 1. The molecule has 4 aliphatic rings. The van der Waals surface area contributed by atoms with E-state index in [-0.39, 0.29) is 63.6 Å². The van der Waals surface area contributed by atoms with Crippen LogP contribution in [-0.4, -0.2) is 113 Å². The van der Waals surface area contributed by atoms with Gasteiger partial charge in [-0.05, 0) is 62.0 Å². The number of phenols is 1. The van der Waals surface area contributed by atoms with E-state index >= 15 is 8.78 Å². The zero-order chi connectivity index (χ0) is 38.3. The maximum Gasteiger partial charge on any atom is 0.319 e. The van der Waals surface area contributed by atoms with Gasteiger partial charge in [-0.25, -0.2) is 17.6 Å². The number of aromatic nitrogens is 4. The second-order valence-corrected chi connectivity index (χ2v) is 16.3. The van der Waals surface area contributed by atoms with Gasteiger partial charge in [0.15, 0.2) is 5.82 Å². The van der Waals surface area contributed by atoms with Crippen molar-refractivity contribution < 1.29 is 32.1 Å². The number of piperidine rings is 1. The molecular formula is C41H43F4N7O3. The minimum Gasteiger partial charge on any atom is -0.508 e. The minimum absolute atomic E-state index is 0.0204. The van der Waals surface area contributed by atoms with E-state index in [9.17, 15) is 13.9 Å². The van der Waals surface area contributed by atoms with E-state index in [1.54, 1.807) is 24.9 Å². The van der Waals surface area contributed by atoms with Crippen molar-refractivity contribution in [2.45, 2.75) is 44.7 Å². The largest absolute Gasteiger partial charge is 0.508 e. The summed E-state index contributed by atoms with van der Waals surface area (Å²) in [6.07, 6.45) is 7.40. The lowest BCUT2D eigenvalue weighted by Gasteiger charge is -2.44. The summed E-state index contributed by atoms with van der Waals surface area (Å²) in [7, 11) is 3.62. The number of alkyl halides is 2. The molecule has 2 bridgehead atoms. The number of ether oxygens (including phenoxy) is 2. The molecule has 4 atom stereocenters. The maximum absolute atomic E-state index is 17.8. The number of terminal acetylenes is 1. The van der Waals surface area contributed by atoms with Gasteiger partial charge in [-0.3, -0.25) is 9.58 Å². The van der Waals surface area contributed by atoms with E-state index in [4.69, 9.17) is 31.0 Å². The number of hydrogen-bond donors (Lipinski definition) is 1. The van der Waals surface area contributed by atoms with Crippen LogP contribution in [0.5, 0.6) is 11.8 Å². The van der Waals surface area contributed by atoms with E-state index in [0.717, 1.165) is 32.6 Å². The Kier molecular flexibility index (Phi) is 8.82. The molecule has 2 unspecified atom stereocenters. The topological polar surface area (TPSA) is 92.0 Å². The van der Waals surface area contributed by atoms with Gasteiger partial charge in [0.05, 0.1) is 30.8 Å². The van der Waals surface area contributed by atoms with Crippen molar-refractivity contribution in [3.05, 3.63) is 47.7 Å². The lowest BCUT2D eigenvalue weighted by atomic mass is 9.73. The molecular weight excluding hydrogens is 714 g/mol. The van der Waals surface area contributed by atoms with Crippen LogP contribution in [0.1, 0.15) is 31.7 Å². The predicted molar refractivity (Wildman–Crippen MR) is 202 cm³/mol. The molecule has 3 aromatic carbocycles. The highest BCUT2D eigenvalue weighted by Gasteiger charge is 2.45. The fourth-order valence-electron chi connectivity index (χ4n) is 9.70. The zero-order valence-corrected chi connectivity index (χ0v) is 31.0. The summed E-state index contributed by atoms with van der Waals surface area (Å²) >= 11 is 0. The second kappa shape index (κ2) is 13.5. The van der Waals surface area contributed by atoms with Crippen molar-refractivity contribution in [1.82, 2.24) is 29.5 Å². The number of likely N-dealkylation sites (tertiary alicyclic amines) is 1. The Morgan fingerprint density at radius 3 is 2.51 bits per heavy atom. The average molecular weight is 758 g/mol. The van der Waals surface area contributed by atoms with E-state index in [1.807, 2.05) is 11.9 Å². The minimum atomic E-state index is -2.54. The molecule has 0 spiro atoms. The van der Waals surface area contributed by atoms with Gasteiger partial charge in [0.2, 0.25) is 6.43 Å². The van der Waals surface area contributed by atoms with Gasteiger partial charge in [0, 0.05) is 85.1 Å². The fraction of sp³-hybridized carbons (Fsp3) is 0.488. The molecule has 0 saturated carbocycles. The molecule has 14 heteroatoms. The molecule has 0 aliphatic carbocycles. The molecule has 0 radical (unpaired) electrons. The Labute approximate surface area is 316 Å². The van der Waals surface area contributed by atoms with Crippen LogP contribution in [0.2, 0.25) is 0 Å². The normalized spacial score (nSPS) is 25.0. The van der Waals surface area contributed by atoms with Crippen molar-refractivity contribution in [2.24, 2.45) is 24.3 Å². The number of anilines is 1. The smallest absolute Gasteiger partial charge is 0.319 e. The predicted octanol–water partition coefficient (Wildman–Crippen LogP) is 6.20.